The number of esters is 1. The Morgan fingerprint density at radius 3 is 2.68 bits per heavy atom. The van der Waals surface area contributed by atoms with Gasteiger partial charge in [-0.15, -0.1) is 22.7 Å². The molecule has 9 nitrogen and oxygen atoms in total. The molecule has 3 aromatic heterocycles. The van der Waals surface area contributed by atoms with Crippen LogP contribution in [0.5, 0.6) is 0 Å². The number of aryl methyl sites for hydroxylation is 1. The van der Waals surface area contributed by atoms with Crippen molar-refractivity contribution in [1.29, 1.82) is 0 Å². The van der Waals surface area contributed by atoms with Gasteiger partial charge in [-0.2, -0.15) is 0 Å². The second-order valence-corrected chi connectivity index (χ2v) is 10.7. The maximum Gasteiger partial charge on any atom is 0.348 e. The van der Waals surface area contributed by atoms with Gasteiger partial charge in [0.1, 0.15) is 9.71 Å². The maximum absolute atomic E-state index is 12.9. The molecular weight excluding hydrogens is 462 g/mol. The molecule has 0 aliphatic rings. The fourth-order valence-electron chi connectivity index (χ4n) is 2.92. The maximum atomic E-state index is 12.9. The van der Waals surface area contributed by atoms with Gasteiger partial charge >= 0.3 is 5.97 Å². The number of nitrogens with one attached hydrogen (secondary N) is 1. The lowest BCUT2D eigenvalue weighted by Crippen LogP contribution is -2.24. The Balaban J connectivity index is 1.78. The summed E-state index contributed by atoms with van der Waals surface area (Å²) in [6, 6.07) is 3.43. The number of hydrogen-bond acceptors (Lipinski definition) is 9. The summed E-state index contributed by atoms with van der Waals surface area (Å²) < 4.78 is 30.9. The molecule has 0 aliphatic heterocycles. The van der Waals surface area contributed by atoms with Crippen molar-refractivity contribution >= 4 is 54.7 Å². The van der Waals surface area contributed by atoms with Gasteiger partial charge in [0.15, 0.2) is 5.78 Å². The van der Waals surface area contributed by atoms with E-state index in [0.717, 1.165) is 22.5 Å². The molecule has 0 radical (unpaired) electrons. The van der Waals surface area contributed by atoms with E-state index in [1.807, 2.05) is 0 Å². The fraction of sp³-hybridized carbons (Fsp3) is 0.368. The number of Topliss-reactive ketones (excluding diaryl/α,β-unsaturated/α-hetero) is 1. The molecular formula is C19H21N3O6S3. The number of aromatic nitrogens is 2. The van der Waals surface area contributed by atoms with Gasteiger partial charge in [0, 0.05) is 11.4 Å². The Hall–Kier alpha value is -2.41. The number of nitrogens with zero attached hydrogens (tertiary/aromatic N) is 2. The quantitative estimate of drug-likeness (QED) is 0.364. The van der Waals surface area contributed by atoms with Gasteiger partial charge in [-0.25, -0.2) is 22.9 Å². The van der Waals surface area contributed by atoms with E-state index in [9.17, 15) is 22.8 Å². The summed E-state index contributed by atoms with van der Waals surface area (Å²) in [5.74, 6) is -0.754. The van der Waals surface area contributed by atoms with Gasteiger partial charge in [0.2, 0.25) is 10.0 Å². The number of carbonyl (C=O) groups is 2. The lowest BCUT2D eigenvalue weighted by atomic mass is 10.2. The van der Waals surface area contributed by atoms with Crippen molar-refractivity contribution in [3.63, 3.8) is 0 Å². The van der Waals surface area contributed by atoms with E-state index in [1.165, 1.54) is 22.2 Å². The second-order valence-electron chi connectivity index (χ2n) is 6.74. The normalized spacial score (nSPS) is 11.7. The van der Waals surface area contributed by atoms with E-state index in [4.69, 9.17) is 4.74 Å². The number of ether oxygens (including phenoxy) is 1. The zero-order chi connectivity index (χ0) is 22.8. The van der Waals surface area contributed by atoms with Crippen LogP contribution in [0.4, 0.5) is 0 Å². The van der Waals surface area contributed by atoms with Crippen LogP contribution in [-0.2, 0) is 27.7 Å². The highest BCUT2D eigenvalue weighted by atomic mass is 32.2. The Morgan fingerprint density at radius 1 is 1.26 bits per heavy atom. The first kappa shape index (κ1) is 23.3. The molecule has 1 N–H and O–H groups in total. The van der Waals surface area contributed by atoms with E-state index in [1.54, 1.807) is 26.0 Å². The van der Waals surface area contributed by atoms with E-state index in [-0.39, 0.29) is 25.5 Å². The van der Waals surface area contributed by atoms with Gasteiger partial charge in [0.05, 0.1) is 36.0 Å². The predicted molar refractivity (Wildman–Crippen MR) is 120 cm³/mol. The first-order chi connectivity index (χ1) is 14.6. The monoisotopic (exact) mass is 483 g/mol. The summed E-state index contributed by atoms with van der Waals surface area (Å²) in [6.45, 7) is 3.65. The van der Waals surface area contributed by atoms with Crippen LogP contribution in [0.1, 0.15) is 36.7 Å². The van der Waals surface area contributed by atoms with Crippen LogP contribution < -0.4 is 10.3 Å². The Kier molecular flexibility index (Phi) is 7.04. The third-order valence-electron chi connectivity index (χ3n) is 4.36. The average Bonchev–Trinajstić information content (AvgIpc) is 3.28. The summed E-state index contributed by atoms with van der Waals surface area (Å²) in [5.41, 5.74) is 0.103. The Bertz CT molecular complexity index is 1300. The number of rotatable bonds is 9. The molecule has 0 amide bonds. The molecule has 3 heterocycles. The minimum absolute atomic E-state index is 0.187. The van der Waals surface area contributed by atoms with Gasteiger partial charge in [-0.1, -0.05) is 0 Å². The van der Waals surface area contributed by atoms with Crippen LogP contribution in [0.3, 0.4) is 0 Å². The summed E-state index contributed by atoms with van der Waals surface area (Å²) in [4.78, 5) is 44.0. The summed E-state index contributed by atoms with van der Waals surface area (Å²) in [6.07, 6.45) is 2.85. The van der Waals surface area contributed by atoms with E-state index in [2.05, 4.69) is 9.71 Å². The van der Waals surface area contributed by atoms with Crippen molar-refractivity contribution in [2.24, 2.45) is 0 Å². The molecule has 31 heavy (non-hydrogen) atoms. The van der Waals surface area contributed by atoms with Gasteiger partial charge < -0.3 is 4.74 Å². The molecule has 0 atom stereocenters. The largest absolute Gasteiger partial charge is 0.462 e. The van der Waals surface area contributed by atoms with E-state index in [0.29, 0.717) is 32.0 Å². The smallest absolute Gasteiger partial charge is 0.348 e. The van der Waals surface area contributed by atoms with E-state index < -0.39 is 21.6 Å². The minimum atomic E-state index is -3.26. The molecule has 0 bridgehead atoms. The van der Waals surface area contributed by atoms with Crippen LogP contribution >= 0.6 is 22.7 Å². The van der Waals surface area contributed by atoms with Gasteiger partial charge in [-0.3, -0.25) is 14.2 Å². The topological polar surface area (TPSA) is 124 Å². The first-order valence-corrected chi connectivity index (χ1v) is 12.9. The predicted octanol–water partition coefficient (Wildman–Crippen LogP) is 1.98. The second kappa shape index (κ2) is 9.39. The molecule has 12 heteroatoms. The fourth-order valence-corrected chi connectivity index (χ4v) is 5.36. The molecule has 0 saturated carbocycles. The number of hydrogen-bond donors (Lipinski definition) is 1. The number of thiophene rings is 2. The zero-order valence-electron chi connectivity index (χ0n) is 17.1. The highest BCUT2D eigenvalue weighted by Crippen LogP contribution is 2.27. The first-order valence-electron chi connectivity index (χ1n) is 9.33. The average molecular weight is 484 g/mol. The summed E-state index contributed by atoms with van der Waals surface area (Å²) >= 11 is 2.35. The van der Waals surface area contributed by atoms with E-state index >= 15 is 0 Å². The Labute approximate surface area is 186 Å². The molecule has 3 rings (SSSR count). The molecule has 3 aromatic rings. The number of carbonyl (C=O) groups excluding carboxylic acids is 2. The van der Waals surface area contributed by atoms with Crippen LogP contribution in [0.25, 0.3) is 10.2 Å². The molecule has 0 saturated heterocycles. The van der Waals surface area contributed by atoms with Crippen LogP contribution in [0.15, 0.2) is 23.3 Å². The molecule has 0 aliphatic carbocycles. The van der Waals surface area contributed by atoms with Crippen molar-refractivity contribution in [1.82, 2.24) is 14.3 Å². The molecule has 166 valence electrons. The van der Waals surface area contributed by atoms with Crippen molar-refractivity contribution in [3.8, 4) is 0 Å². The third kappa shape index (κ3) is 5.45. The van der Waals surface area contributed by atoms with Gasteiger partial charge in [0.25, 0.3) is 5.56 Å². The molecule has 0 aromatic carbocycles. The SMILES string of the molecule is CCOC(=O)c1sc2ncn(CC(=O)c3ccc(CCNS(C)(=O)=O)s3)c(=O)c2c1C. The highest BCUT2D eigenvalue weighted by molar-refractivity contribution is 7.88. The van der Waals surface area contributed by atoms with Crippen LogP contribution in [-0.4, -0.2) is 49.1 Å². The lowest BCUT2D eigenvalue weighted by molar-refractivity contribution is 0.0531. The lowest BCUT2D eigenvalue weighted by Gasteiger charge is -2.04. The third-order valence-corrected chi connectivity index (χ3v) is 7.46. The highest BCUT2D eigenvalue weighted by Gasteiger charge is 2.21. The summed E-state index contributed by atoms with van der Waals surface area (Å²) in [5, 5.41) is 0.307. The van der Waals surface area contributed by atoms with Crippen molar-refractivity contribution in [2.45, 2.75) is 26.8 Å². The van der Waals surface area contributed by atoms with Crippen LogP contribution in [0.2, 0.25) is 0 Å². The number of sulfonamides is 1. The number of ketones is 1. The molecule has 0 fully saturated rings. The molecule has 0 spiro atoms. The minimum Gasteiger partial charge on any atom is -0.462 e. The number of fused-ring (bicyclic) bond motifs is 1. The van der Waals surface area contributed by atoms with Crippen LogP contribution in [0, 0.1) is 6.92 Å². The van der Waals surface area contributed by atoms with Crippen molar-refractivity contribution in [2.75, 3.05) is 19.4 Å². The molecule has 0 unspecified atom stereocenters. The zero-order valence-corrected chi connectivity index (χ0v) is 19.6. The standard InChI is InChI=1S/C19H21N3O6S3/c1-4-28-19(25)16-11(2)15-17(30-16)20-10-22(18(15)24)9-13(23)14-6-5-12(29-14)7-8-21-31(3,26)27/h5-6,10,21H,4,7-9H2,1-3H3. The van der Waals surface area contributed by atoms with Crippen molar-refractivity contribution < 1.29 is 22.7 Å². The van der Waals surface area contributed by atoms with Crippen molar-refractivity contribution in [3.05, 3.63) is 49.0 Å². The summed E-state index contributed by atoms with van der Waals surface area (Å²) in [7, 11) is -3.26. The Morgan fingerprint density at radius 2 is 2.00 bits per heavy atom. The van der Waals surface area contributed by atoms with Gasteiger partial charge in [-0.05, 0) is 38.0 Å².